The van der Waals surface area contributed by atoms with E-state index in [1.165, 1.54) is 0 Å². The highest BCUT2D eigenvalue weighted by Gasteiger charge is 2.16. The molecule has 0 radical (unpaired) electrons. The van der Waals surface area contributed by atoms with Gasteiger partial charge in [-0.15, -0.1) is 0 Å². The number of carbonyl (C=O) groups is 1. The zero-order valence-electron chi connectivity index (χ0n) is 13.4. The number of aromatic amines is 1. The Kier molecular flexibility index (Phi) is 5.58. The zero-order chi connectivity index (χ0) is 15.9. The van der Waals surface area contributed by atoms with Crippen LogP contribution in [0.2, 0.25) is 0 Å². The van der Waals surface area contributed by atoms with Crippen molar-refractivity contribution in [3.8, 4) is 5.75 Å². The summed E-state index contributed by atoms with van der Waals surface area (Å²) in [4.78, 5) is 13.9. The summed E-state index contributed by atoms with van der Waals surface area (Å²) in [6.45, 7) is 5.34. The van der Waals surface area contributed by atoms with Gasteiger partial charge >= 0.3 is 0 Å². The minimum absolute atomic E-state index is 0.0668. The van der Waals surface area contributed by atoms with Crippen molar-refractivity contribution in [3.63, 3.8) is 0 Å². The van der Waals surface area contributed by atoms with Crippen LogP contribution in [-0.2, 0) is 0 Å². The first-order chi connectivity index (χ1) is 10.6. The van der Waals surface area contributed by atoms with Crippen molar-refractivity contribution in [3.05, 3.63) is 47.8 Å². The van der Waals surface area contributed by atoms with Gasteiger partial charge in [-0.1, -0.05) is 32.0 Å². The molecule has 0 spiro atoms. The molecule has 0 bridgehead atoms. The van der Waals surface area contributed by atoms with E-state index < -0.39 is 0 Å². The van der Waals surface area contributed by atoms with Crippen molar-refractivity contribution in [1.82, 2.24) is 15.1 Å². The van der Waals surface area contributed by atoms with Gasteiger partial charge < -0.3 is 9.64 Å². The van der Waals surface area contributed by atoms with Crippen molar-refractivity contribution in [2.75, 3.05) is 20.2 Å². The molecule has 0 aliphatic heterocycles. The third-order valence-electron chi connectivity index (χ3n) is 3.44. The summed E-state index contributed by atoms with van der Waals surface area (Å²) in [5.74, 6) is 1.12. The Labute approximate surface area is 131 Å². The molecular weight excluding hydrogens is 278 g/mol. The van der Waals surface area contributed by atoms with Crippen LogP contribution in [-0.4, -0.2) is 41.2 Å². The second kappa shape index (κ2) is 7.64. The van der Waals surface area contributed by atoms with Gasteiger partial charge in [-0.2, -0.15) is 5.10 Å². The molecule has 1 aromatic carbocycles. The molecule has 1 aromatic heterocycles. The van der Waals surface area contributed by atoms with E-state index in [1.54, 1.807) is 11.9 Å². The molecule has 2 aromatic rings. The van der Waals surface area contributed by atoms with E-state index in [9.17, 15) is 4.79 Å². The van der Waals surface area contributed by atoms with E-state index in [-0.39, 0.29) is 5.91 Å². The number of nitrogens with one attached hydrogen (secondary N) is 1. The molecular formula is C17H23N3O2. The number of para-hydroxylation sites is 1. The summed E-state index contributed by atoms with van der Waals surface area (Å²) >= 11 is 0. The molecule has 0 aliphatic carbocycles. The van der Waals surface area contributed by atoms with Crippen molar-refractivity contribution in [1.29, 1.82) is 0 Å². The summed E-state index contributed by atoms with van der Waals surface area (Å²) in [7, 11) is 1.79. The Hall–Kier alpha value is -2.30. The Morgan fingerprint density at radius 1 is 1.32 bits per heavy atom. The molecule has 2 rings (SSSR count). The number of hydrogen-bond donors (Lipinski definition) is 1. The van der Waals surface area contributed by atoms with Gasteiger partial charge in [-0.3, -0.25) is 9.89 Å². The van der Waals surface area contributed by atoms with Crippen molar-refractivity contribution >= 4 is 5.91 Å². The van der Waals surface area contributed by atoms with E-state index in [0.29, 0.717) is 24.8 Å². The number of nitrogens with zero attached hydrogens (tertiary/aromatic N) is 2. The van der Waals surface area contributed by atoms with Crippen molar-refractivity contribution in [2.24, 2.45) is 0 Å². The molecule has 0 unspecified atom stereocenters. The SMILES string of the molecule is CC(C)c1cc(C(=O)N(C)CCCOc2ccccc2)n[nH]1. The number of amides is 1. The Morgan fingerprint density at radius 3 is 2.68 bits per heavy atom. The van der Waals surface area contributed by atoms with Gasteiger partial charge in [-0.05, 0) is 30.5 Å². The molecule has 1 heterocycles. The quantitative estimate of drug-likeness (QED) is 0.800. The average molecular weight is 301 g/mol. The highest BCUT2D eigenvalue weighted by atomic mass is 16.5. The molecule has 1 amide bonds. The van der Waals surface area contributed by atoms with Crippen LogP contribution >= 0.6 is 0 Å². The lowest BCUT2D eigenvalue weighted by Crippen LogP contribution is -2.29. The molecule has 5 heteroatoms. The van der Waals surface area contributed by atoms with Crippen molar-refractivity contribution in [2.45, 2.75) is 26.2 Å². The smallest absolute Gasteiger partial charge is 0.274 e. The average Bonchev–Trinajstić information content (AvgIpc) is 3.02. The highest BCUT2D eigenvalue weighted by Crippen LogP contribution is 2.13. The van der Waals surface area contributed by atoms with Crippen LogP contribution in [0.3, 0.4) is 0 Å². The molecule has 118 valence electrons. The summed E-state index contributed by atoms with van der Waals surface area (Å²) in [5, 5.41) is 6.99. The van der Waals surface area contributed by atoms with E-state index in [0.717, 1.165) is 17.9 Å². The lowest BCUT2D eigenvalue weighted by Gasteiger charge is -2.15. The third kappa shape index (κ3) is 4.35. The summed E-state index contributed by atoms with van der Waals surface area (Å²) < 4.78 is 5.62. The minimum Gasteiger partial charge on any atom is -0.494 e. The number of carbonyl (C=O) groups excluding carboxylic acids is 1. The number of hydrogen-bond acceptors (Lipinski definition) is 3. The first-order valence-corrected chi connectivity index (χ1v) is 7.56. The predicted octanol–water partition coefficient (Wildman–Crippen LogP) is 3.07. The molecule has 5 nitrogen and oxygen atoms in total. The number of aromatic nitrogens is 2. The number of ether oxygens (including phenoxy) is 1. The molecule has 22 heavy (non-hydrogen) atoms. The standard InChI is InChI=1S/C17H23N3O2/c1-13(2)15-12-16(19-18-15)17(21)20(3)10-7-11-22-14-8-5-4-6-9-14/h4-6,8-9,12-13H,7,10-11H2,1-3H3,(H,18,19). The van der Waals surface area contributed by atoms with E-state index in [2.05, 4.69) is 24.0 Å². The lowest BCUT2D eigenvalue weighted by molar-refractivity contribution is 0.0782. The normalized spacial score (nSPS) is 10.7. The van der Waals surface area contributed by atoms with E-state index in [4.69, 9.17) is 4.74 Å². The number of H-pyrrole nitrogens is 1. The van der Waals surface area contributed by atoms with Gasteiger partial charge in [-0.25, -0.2) is 0 Å². The van der Waals surface area contributed by atoms with Gasteiger partial charge in [0, 0.05) is 19.3 Å². The second-order valence-electron chi connectivity index (χ2n) is 5.61. The Balaban J connectivity index is 1.76. The van der Waals surface area contributed by atoms with E-state index in [1.807, 2.05) is 36.4 Å². The van der Waals surface area contributed by atoms with Crippen LogP contribution in [0.5, 0.6) is 5.75 Å². The zero-order valence-corrected chi connectivity index (χ0v) is 13.4. The Bertz CT molecular complexity index is 593. The van der Waals surface area contributed by atoms with Gasteiger partial charge in [0.25, 0.3) is 5.91 Å². The number of rotatable bonds is 7. The van der Waals surface area contributed by atoms with Crippen LogP contribution in [0.25, 0.3) is 0 Å². The van der Waals surface area contributed by atoms with Crippen LogP contribution in [0.15, 0.2) is 36.4 Å². The third-order valence-corrected chi connectivity index (χ3v) is 3.44. The highest BCUT2D eigenvalue weighted by molar-refractivity contribution is 5.92. The molecule has 0 saturated heterocycles. The summed E-state index contributed by atoms with van der Waals surface area (Å²) in [5.41, 5.74) is 1.44. The fourth-order valence-corrected chi connectivity index (χ4v) is 2.05. The van der Waals surface area contributed by atoms with E-state index >= 15 is 0 Å². The summed E-state index contributed by atoms with van der Waals surface area (Å²) in [6.07, 6.45) is 0.776. The van der Waals surface area contributed by atoms with Gasteiger partial charge in [0.15, 0.2) is 0 Å². The molecule has 0 aliphatic rings. The fraction of sp³-hybridized carbons (Fsp3) is 0.412. The number of benzene rings is 1. The van der Waals surface area contributed by atoms with Crippen LogP contribution < -0.4 is 4.74 Å². The minimum atomic E-state index is -0.0668. The molecule has 1 N–H and O–H groups in total. The topological polar surface area (TPSA) is 58.2 Å². The summed E-state index contributed by atoms with van der Waals surface area (Å²) in [6, 6.07) is 11.5. The first-order valence-electron chi connectivity index (χ1n) is 7.56. The fourth-order valence-electron chi connectivity index (χ4n) is 2.05. The van der Waals surface area contributed by atoms with Gasteiger partial charge in [0.2, 0.25) is 0 Å². The van der Waals surface area contributed by atoms with Gasteiger partial charge in [0.05, 0.1) is 6.61 Å². The molecule has 0 atom stereocenters. The predicted molar refractivity (Wildman–Crippen MR) is 86.2 cm³/mol. The van der Waals surface area contributed by atoms with Gasteiger partial charge in [0.1, 0.15) is 11.4 Å². The van der Waals surface area contributed by atoms with Crippen LogP contribution in [0, 0.1) is 0 Å². The largest absolute Gasteiger partial charge is 0.494 e. The second-order valence-corrected chi connectivity index (χ2v) is 5.61. The maximum atomic E-state index is 12.2. The maximum absolute atomic E-state index is 12.2. The van der Waals surface area contributed by atoms with Crippen LogP contribution in [0.4, 0.5) is 0 Å². The lowest BCUT2D eigenvalue weighted by atomic mass is 10.1. The van der Waals surface area contributed by atoms with Crippen LogP contribution in [0.1, 0.15) is 42.4 Å². The molecule has 0 saturated carbocycles. The maximum Gasteiger partial charge on any atom is 0.274 e. The Morgan fingerprint density at radius 2 is 2.05 bits per heavy atom. The molecule has 0 fully saturated rings. The van der Waals surface area contributed by atoms with Crippen molar-refractivity contribution < 1.29 is 9.53 Å². The monoisotopic (exact) mass is 301 g/mol. The first kappa shape index (κ1) is 16.1.